The van der Waals surface area contributed by atoms with E-state index in [4.69, 9.17) is 4.74 Å². The molecule has 138 valence electrons. The van der Waals surface area contributed by atoms with Gasteiger partial charge < -0.3 is 15.4 Å². The molecule has 0 aliphatic heterocycles. The van der Waals surface area contributed by atoms with Crippen LogP contribution in [0.1, 0.15) is 56.4 Å². The monoisotopic (exact) mass is 354 g/mol. The van der Waals surface area contributed by atoms with Crippen molar-refractivity contribution in [3.63, 3.8) is 0 Å². The summed E-state index contributed by atoms with van der Waals surface area (Å²) in [6, 6.07) is 7.74. The van der Waals surface area contributed by atoms with Crippen molar-refractivity contribution in [2.24, 2.45) is 0 Å². The van der Waals surface area contributed by atoms with E-state index in [1.165, 1.54) is 38.3 Å². The van der Waals surface area contributed by atoms with Crippen LogP contribution < -0.4 is 15.4 Å². The minimum atomic E-state index is -0.278. The highest BCUT2D eigenvalue weighted by molar-refractivity contribution is 6.02. The molecule has 2 N–H and O–H groups in total. The molecule has 1 fully saturated rings. The van der Waals surface area contributed by atoms with Gasteiger partial charge in [-0.05, 0) is 51.0 Å². The topological polar surface area (TPSA) is 76.1 Å². The van der Waals surface area contributed by atoms with Crippen LogP contribution in [-0.2, 0) is 0 Å². The summed E-state index contributed by atoms with van der Waals surface area (Å²) in [5.41, 5.74) is 0.985. The van der Waals surface area contributed by atoms with Crippen molar-refractivity contribution in [1.82, 2.24) is 9.97 Å². The number of anilines is 2. The summed E-state index contributed by atoms with van der Waals surface area (Å²) in [4.78, 5) is 20.9. The van der Waals surface area contributed by atoms with E-state index < -0.39 is 0 Å². The first kappa shape index (κ1) is 18.2. The Bertz CT molecular complexity index is 708. The van der Waals surface area contributed by atoms with Gasteiger partial charge in [0.25, 0.3) is 5.91 Å². The molecule has 0 spiro atoms. The van der Waals surface area contributed by atoms with Gasteiger partial charge in [0.05, 0.1) is 18.5 Å². The molecule has 1 aliphatic rings. The number of rotatable bonds is 6. The van der Waals surface area contributed by atoms with Gasteiger partial charge in [0.2, 0.25) is 0 Å². The van der Waals surface area contributed by atoms with Gasteiger partial charge in [0, 0.05) is 11.7 Å². The summed E-state index contributed by atoms with van der Waals surface area (Å²) >= 11 is 0. The van der Waals surface area contributed by atoms with Crippen LogP contribution in [0.3, 0.4) is 0 Å². The van der Waals surface area contributed by atoms with Crippen LogP contribution in [0, 0.1) is 0 Å². The maximum absolute atomic E-state index is 12.3. The Kier molecular flexibility index (Phi) is 6.04. The van der Waals surface area contributed by atoms with Crippen molar-refractivity contribution in [1.29, 1.82) is 0 Å². The zero-order valence-electron chi connectivity index (χ0n) is 15.4. The number of hydrogen-bond acceptors (Lipinski definition) is 5. The molecule has 1 aliphatic carbocycles. The fourth-order valence-electron chi connectivity index (χ4n) is 3.06. The van der Waals surface area contributed by atoms with Crippen LogP contribution in [0.2, 0.25) is 0 Å². The van der Waals surface area contributed by atoms with Gasteiger partial charge in [0.1, 0.15) is 17.3 Å². The van der Waals surface area contributed by atoms with Gasteiger partial charge in [-0.25, -0.2) is 9.97 Å². The zero-order chi connectivity index (χ0) is 18.4. The summed E-state index contributed by atoms with van der Waals surface area (Å²) in [5, 5.41) is 6.22. The van der Waals surface area contributed by atoms with Gasteiger partial charge in [-0.15, -0.1) is 0 Å². The van der Waals surface area contributed by atoms with E-state index >= 15 is 0 Å². The smallest absolute Gasteiger partial charge is 0.275 e. The van der Waals surface area contributed by atoms with E-state index in [-0.39, 0.29) is 12.0 Å². The summed E-state index contributed by atoms with van der Waals surface area (Å²) in [6.45, 7) is 3.95. The van der Waals surface area contributed by atoms with E-state index in [2.05, 4.69) is 20.6 Å². The predicted octanol–water partition coefficient (Wildman–Crippen LogP) is 4.26. The van der Waals surface area contributed by atoms with Crippen molar-refractivity contribution in [3.05, 3.63) is 42.4 Å². The van der Waals surface area contributed by atoms with Gasteiger partial charge in [0.15, 0.2) is 0 Å². The van der Waals surface area contributed by atoms with Crippen molar-refractivity contribution in [3.8, 4) is 5.75 Å². The Labute approximate surface area is 154 Å². The minimum absolute atomic E-state index is 0.117. The molecule has 0 unspecified atom stereocenters. The Balaban J connectivity index is 1.55. The van der Waals surface area contributed by atoms with E-state index in [1.807, 2.05) is 38.1 Å². The number of nitrogens with zero attached hydrogens (tertiary/aromatic N) is 2. The predicted molar refractivity (Wildman–Crippen MR) is 103 cm³/mol. The second kappa shape index (κ2) is 8.65. The van der Waals surface area contributed by atoms with Gasteiger partial charge in [-0.1, -0.05) is 19.3 Å². The third-order valence-electron chi connectivity index (χ3n) is 4.33. The number of carbonyl (C=O) groups is 1. The second-order valence-corrected chi connectivity index (χ2v) is 6.91. The van der Waals surface area contributed by atoms with Crippen LogP contribution >= 0.6 is 0 Å². The molecule has 6 nitrogen and oxygen atoms in total. The molecule has 1 aromatic heterocycles. The summed E-state index contributed by atoms with van der Waals surface area (Å²) in [6.07, 6.45) is 9.42. The van der Waals surface area contributed by atoms with E-state index in [0.717, 1.165) is 11.6 Å². The lowest BCUT2D eigenvalue weighted by molar-refractivity contribution is 0.102. The number of hydrogen-bond donors (Lipinski definition) is 2. The Morgan fingerprint density at radius 1 is 1.08 bits per heavy atom. The third kappa shape index (κ3) is 5.18. The van der Waals surface area contributed by atoms with Crippen LogP contribution in [0.25, 0.3) is 0 Å². The first-order valence-corrected chi connectivity index (χ1v) is 9.27. The summed E-state index contributed by atoms with van der Waals surface area (Å²) in [7, 11) is 0. The number of amides is 1. The fraction of sp³-hybridized carbons (Fsp3) is 0.450. The molecule has 0 bridgehead atoms. The van der Waals surface area contributed by atoms with Crippen LogP contribution in [0.5, 0.6) is 5.75 Å². The zero-order valence-corrected chi connectivity index (χ0v) is 15.4. The molecule has 1 aromatic carbocycles. The first-order valence-electron chi connectivity index (χ1n) is 9.27. The Morgan fingerprint density at radius 3 is 2.42 bits per heavy atom. The summed E-state index contributed by atoms with van der Waals surface area (Å²) in [5.74, 6) is 1.22. The molecular formula is C20H26N4O2. The quantitative estimate of drug-likeness (QED) is 0.810. The maximum atomic E-state index is 12.3. The maximum Gasteiger partial charge on any atom is 0.275 e. The largest absolute Gasteiger partial charge is 0.491 e. The fourth-order valence-corrected chi connectivity index (χ4v) is 3.06. The molecule has 2 aromatic rings. The van der Waals surface area contributed by atoms with Gasteiger partial charge in [-0.2, -0.15) is 0 Å². The average Bonchev–Trinajstić information content (AvgIpc) is 2.64. The standard InChI is InChI=1S/C20H26N4O2/c1-14(2)26-17-10-8-16(9-11-17)24-20(25)18-12-22-19(13-21-18)23-15-6-4-3-5-7-15/h8-15H,3-7H2,1-2H3,(H,22,23)(H,24,25). The van der Waals surface area contributed by atoms with E-state index in [9.17, 15) is 4.79 Å². The highest BCUT2D eigenvalue weighted by atomic mass is 16.5. The van der Waals surface area contributed by atoms with E-state index in [0.29, 0.717) is 17.4 Å². The molecule has 0 atom stereocenters. The molecule has 1 saturated carbocycles. The Hall–Kier alpha value is -2.63. The number of ether oxygens (including phenoxy) is 1. The van der Waals surface area contributed by atoms with Crippen molar-refractivity contribution in [2.75, 3.05) is 10.6 Å². The van der Waals surface area contributed by atoms with Crippen LogP contribution in [-0.4, -0.2) is 28.0 Å². The number of nitrogens with one attached hydrogen (secondary N) is 2. The first-order chi connectivity index (χ1) is 12.6. The lowest BCUT2D eigenvalue weighted by Gasteiger charge is -2.23. The molecule has 26 heavy (non-hydrogen) atoms. The molecule has 1 heterocycles. The second-order valence-electron chi connectivity index (χ2n) is 6.91. The van der Waals surface area contributed by atoms with Crippen molar-refractivity contribution >= 4 is 17.4 Å². The highest BCUT2D eigenvalue weighted by Crippen LogP contribution is 2.21. The van der Waals surface area contributed by atoms with Crippen molar-refractivity contribution in [2.45, 2.75) is 58.1 Å². The molecule has 6 heteroatoms. The SMILES string of the molecule is CC(C)Oc1ccc(NC(=O)c2cnc(NC3CCCCC3)cn2)cc1. The van der Waals surface area contributed by atoms with E-state index in [1.54, 1.807) is 6.20 Å². The van der Waals surface area contributed by atoms with Crippen molar-refractivity contribution < 1.29 is 9.53 Å². The lowest BCUT2D eigenvalue weighted by atomic mass is 9.96. The number of aromatic nitrogens is 2. The Morgan fingerprint density at radius 2 is 1.81 bits per heavy atom. The van der Waals surface area contributed by atoms with Gasteiger partial charge in [-0.3, -0.25) is 4.79 Å². The molecule has 0 radical (unpaired) electrons. The number of carbonyl (C=O) groups excluding carboxylic acids is 1. The minimum Gasteiger partial charge on any atom is -0.491 e. The molecule has 0 saturated heterocycles. The third-order valence-corrected chi connectivity index (χ3v) is 4.33. The normalized spacial score (nSPS) is 14.9. The van der Waals surface area contributed by atoms with Gasteiger partial charge >= 0.3 is 0 Å². The molecule has 3 rings (SSSR count). The summed E-state index contributed by atoms with van der Waals surface area (Å²) < 4.78 is 5.59. The van der Waals surface area contributed by atoms with Crippen LogP contribution in [0.4, 0.5) is 11.5 Å². The molecule has 1 amide bonds. The number of benzene rings is 1. The average molecular weight is 354 g/mol. The van der Waals surface area contributed by atoms with Crippen LogP contribution in [0.15, 0.2) is 36.7 Å². The lowest BCUT2D eigenvalue weighted by Crippen LogP contribution is -2.23. The molecular weight excluding hydrogens is 328 g/mol. The highest BCUT2D eigenvalue weighted by Gasteiger charge is 2.14.